The van der Waals surface area contributed by atoms with Crippen molar-refractivity contribution in [3.05, 3.63) is 65.5 Å². The highest BCUT2D eigenvalue weighted by atomic mass is 19.1. The fourth-order valence-electron chi connectivity index (χ4n) is 4.34. The number of likely N-dealkylation sites (tertiary alicyclic amines) is 2. The van der Waals surface area contributed by atoms with Crippen LogP contribution in [0.5, 0.6) is 0 Å². The lowest BCUT2D eigenvalue weighted by molar-refractivity contribution is -0.116. The Labute approximate surface area is 158 Å². The zero-order chi connectivity index (χ0) is 18.8. The summed E-state index contributed by atoms with van der Waals surface area (Å²) in [5.74, 6) is -0.983. The summed E-state index contributed by atoms with van der Waals surface area (Å²) in [5.41, 5.74) is 1.81. The molecule has 6 heteroatoms. The molecule has 0 spiro atoms. The van der Waals surface area contributed by atoms with Crippen LogP contribution in [0.1, 0.15) is 30.0 Å². The monoisotopic (exact) mass is 373 g/mol. The molecular formula is C21H25F2N3O. The SMILES string of the molecule is CO[C@H]1CN(C2CCN(Cc3ccc(F)cc3F)CC2)[C@H]1c1ccncc1. The van der Waals surface area contributed by atoms with Crippen molar-refractivity contribution in [1.29, 1.82) is 0 Å². The molecule has 2 fully saturated rings. The van der Waals surface area contributed by atoms with Crippen molar-refractivity contribution in [1.82, 2.24) is 14.8 Å². The van der Waals surface area contributed by atoms with Gasteiger partial charge in [-0.05, 0) is 49.7 Å². The number of hydrogen-bond acceptors (Lipinski definition) is 4. The van der Waals surface area contributed by atoms with Crippen LogP contribution >= 0.6 is 0 Å². The van der Waals surface area contributed by atoms with Crippen LogP contribution in [0, 0.1) is 11.6 Å². The summed E-state index contributed by atoms with van der Waals surface area (Å²) in [6.45, 7) is 3.31. The van der Waals surface area contributed by atoms with Crippen LogP contribution in [-0.2, 0) is 11.3 Å². The Hall–Kier alpha value is -1.89. The molecule has 2 aliphatic heterocycles. The molecule has 27 heavy (non-hydrogen) atoms. The van der Waals surface area contributed by atoms with E-state index in [1.54, 1.807) is 13.2 Å². The van der Waals surface area contributed by atoms with Gasteiger partial charge in [0.2, 0.25) is 0 Å². The van der Waals surface area contributed by atoms with Gasteiger partial charge in [-0.2, -0.15) is 0 Å². The third-order valence-electron chi connectivity index (χ3n) is 5.89. The molecule has 0 bridgehead atoms. The standard InChI is InChI=1S/C21H25F2N3O/c1-27-20-14-26(21(20)15-4-8-24-9-5-15)18-6-10-25(11-7-18)13-16-2-3-17(22)12-19(16)23/h2-5,8-9,12,18,20-21H,6-7,10-11,13-14H2,1H3/t20-,21-/m0/s1. The van der Waals surface area contributed by atoms with E-state index in [0.717, 1.165) is 38.5 Å². The number of ether oxygens (including phenoxy) is 1. The van der Waals surface area contributed by atoms with Crippen LogP contribution in [0.15, 0.2) is 42.7 Å². The van der Waals surface area contributed by atoms with E-state index in [0.29, 0.717) is 18.2 Å². The second-order valence-electron chi connectivity index (χ2n) is 7.44. The minimum absolute atomic E-state index is 0.221. The molecule has 3 heterocycles. The topological polar surface area (TPSA) is 28.6 Å². The maximum atomic E-state index is 13.9. The first-order valence-electron chi connectivity index (χ1n) is 9.50. The highest BCUT2D eigenvalue weighted by molar-refractivity contribution is 5.22. The van der Waals surface area contributed by atoms with Crippen LogP contribution in [-0.4, -0.2) is 53.7 Å². The number of hydrogen-bond donors (Lipinski definition) is 0. The van der Waals surface area contributed by atoms with Crippen LogP contribution < -0.4 is 0 Å². The second kappa shape index (κ2) is 8.00. The van der Waals surface area contributed by atoms with Gasteiger partial charge in [0.25, 0.3) is 0 Å². The zero-order valence-corrected chi connectivity index (χ0v) is 15.5. The normalized spacial score (nSPS) is 24.7. The van der Waals surface area contributed by atoms with Crippen molar-refractivity contribution in [3.8, 4) is 0 Å². The zero-order valence-electron chi connectivity index (χ0n) is 15.5. The van der Waals surface area contributed by atoms with Crippen molar-refractivity contribution in [2.24, 2.45) is 0 Å². The number of methoxy groups -OCH3 is 1. The van der Waals surface area contributed by atoms with Crippen molar-refractivity contribution >= 4 is 0 Å². The number of halogens is 2. The third-order valence-corrected chi connectivity index (χ3v) is 5.89. The maximum Gasteiger partial charge on any atom is 0.130 e. The molecule has 2 saturated heterocycles. The van der Waals surface area contributed by atoms with Gasteiger partial charge in [0.05, 0.1) is 12.1 Å². The number of benzene rings is 1. The van der Waals surface area contributed by atoms with Crippen molar-refractivity contribution in [3.63, 3.8) is 0 Å². The lowest BCUT2D eigenvalue weighted by Crippen LogP contribution is -2.60. The molecule has 0 unspecified atom stereocenters. The van der Waals surface area contributed by atoms with Crippen LogP contribution in [0.2, 0.25) is 0 Å². The summed E-state index contributed by atoms with van der Waals surface area (Å²) in [6, 6.07) is 8.76. The molecular weight excluding hydrogens is 348 g/mol. The van der Waals surface area contributed by atoms with E-state index in [4.69, 9.17) is 4.74 Å². The van der Waals surface area contributed by atoms with Crippen LogP contribution in [0.3, 0.4) is 0 Å². The van der Waals surface area contributed by atoms with Gasteiger partial charge in [0, 0.05) is 50.3 Å². The minimum Gasteiger partial charge on any atom is -0.378 e. The Balaban J connectivity index is 1.36. The predicted octanol–water partition coefficient (Wildman–Crippen LogP) is 3.40. The first-order valence-corrected chi connectivity index (χ1v) is 9.50. The third kappa shape index (κ3) is 3.88. The summed E-state index contributed by atoms with van der Waals surface area (Å²) in [4.78, 5) is 8.90. The van der Waals surface area contributed by atoms with E-state index < -0.39 is 11.6 Å². The van der Waals surface area contributed by atoms with Gasteiger partial charge in [-0.15, -0.1) is 0 Å². The molecule has 2 aliphatic rings. The molecule has 0 radical (unpaired) electrons. The van der Waals surface area contributed by atoms with Crippen molar-refractivity contribution in [2.45, 2.75) is 37.6 Å². The molecule has 0 N–H and O–H groups in total. The van der Waals surface area contributed by atoms with Gasteiger partial charge in [0.1, 0.15) is 11.6 Å². The smallest absolute Gasteiger partial charge is 0.130 e. The summed E-state index contributed by atoms with van der Waals surface area (Å²) in [5, 5.41) is 0. The van der Waals surface area contributed by atoms with Gasteiger partial charge < -0.3 is 4.74 Å². The van der Waals surface area contributed by atoms with E-state index in [9.17, 15) is 8.78 Å². The van der Waals surface area contributed by atoms with Crippen molar-refractivity contribution in [2.75, 3.05) is 26.7 Å². The number of piperidine rings is 1. The first-order chi connectivity index (χ1) is 13.2. The minimum atomic E-state index is -0.525. The molecule has 144 valence electrons. The Bertz CT molecular complexity index is 765. The summed E-state index contributed by atoms with van der Waals surface area (Å²) in [6.07, 6.45) is 5.97. The first kappa shape index (κ1) is 18.5. The van der Waals surface area contributed by atoms with E-state index >= 15 is 0 Å². The Morgan fingerprint density at radius 1 is 1.11 bits per heavy atom. The summed E-state index contributed by atoms with van der Waals surface area (Å²) >= 11 is 0. The highest BCUT2D eigenvalue weighted by Gasteiger charge is 2.44. The fourth-order valence-corrected chi connectivity index (χ4v) is 4.34. The Morgan fingerprint density at radius 3 is 2.52 bits per heavy atom. The fraction of sp³-hybridized carbons (Fsp3) is 0.476. The number of aromatic nitrogens is 1. The molecule has 0 saturated carbocycles. The molecule has 0 aliphatic carbocycles. The average Bonchev–Trinajstić information content (AvgIpc) is 2.66. The van der Waals surface area contributed by atoms with E-state index in [1.807, 2.05) is 12.4 Å². The number of pyridine rings is 1. The molecule has 4 rings (SSSR count). The quantitative estimate of drug-likeness (QED) is 0.803. The Kier molecular flexibility index (Phi) is 5.48. The van der Waals surface area contributed by atoms with Gasteiger partial charge in [0.15, 0.2) is 0 Å². The number of rotatable bonds is 5. The maximum absolute atomic E-state index is 13.9. The molecule has 2 atom stereocenters. The average molecular weight is 373 g/mol. The van der Waals surface area contributed by atoms with E-state index in [2.05, 4.69) is 26.9 Å². The van der Waals surface area contributed by atoms with E-state index in [-0.39, 0.29) is 12.1 Å². The van der Waals surface area contributed by atoms with Gasteiger partial charge in [-0.25, -0.2) is 8.78 Å². The summed E-state index contributed by atoms with van der Waals surface area (Å²) < 4.78 is 32.6. The molecule has 1 aromatic heterocycles. The molecule has 0 amide bonds. The van der Waals surface area contributed by atoms with Gasteiger partial charge in [-0.1, -0.05) is 6.07 Å². The highest BCUT2D eigenvalue weighted by Crippen LogP contribution is 2.39. The lowest BCUT2D eigenvalue weighted by atomic mass is 9.87. The van der Waals surface area contributed by atoms with Crippen LogP contribution in [0.4, 0.5) is 8.78 Å². The number of nitrogens with zero attached hydrogens (tertiary/aromatic N) is 3. The van der Waals surface area contributed by atoms with Gasteiger partial charge in [-0.3, -0.25) is 14.8 Å². The lowest BCUT2D eigenvalue weighted by Gasteiger charge is -2.53. The summed E-state index contributed by atoms with van der Waals surface area (Å²) in [7, 11) is 1.77. The molecule has 1 aromatic carbocycles. The predicted molar refractivity (Wildman–Crippen MR) is 99.1 cm³/mol. The Morgan fingerprint density at radius 2 is 1.85 bits per heavy atom. The van der Waals surface area contributed by atoms with Crippen molar-refractivity contribution < 1.29 is 13.5 Å². The largest absolute Gasteiger partial charge is 0.378 e. The van der Waals surface area contributed by atoms with E-state index in [1.165, 1.54) is 11.6 Å². The van der Waals surface area contributed by atoms with Crippen LogP contribution in [0.25, 0.3) is 0 Å². The van der Waals surface area contributed by atoms with Gasteiger partial charge >= 0.3 is 0 Å². The molecule has 4 nitrogen and oxygen atoms in total. The molecule has 2 aromatic rings. The second-order valence-corrected chi connectivity index (χ2v) is 7.44.